The lowest BCUT2D eigenvalue weighted by Gasteiger charge is -2.32. The smallest absolute Gasteiger partial charge is 0.220 e. The van der Waals surface area contributed by atoms with Gasteiger partial charge in [-0.05, 0) is 49.9 Å². The summed E-state index contributed by atoms with van der Waals surface area (Å²) in [6, 6.07) is 8.57. The Morgan fingerprint density at radius 1 is 1.22 bits per heavy atom. The number of aryl methyl sites for hydroxylation is 1. The maximum Gasteiger partial charge on any atom is 0.220 e. The van der Waals surface area contributed by atoms with E-state index in [-0.39, 0.29) is 5.91 Å². The Balaban J connectivity index is 1.33. The van der Waals surface area contributed by atoms with Crippen LogP contribution in [0.3, 0.4) is 0 Å². The summed E-state index contributed by atoms with van der Waals surface area (Å²) in [7, 11) is 2.18. The van der Waals surface area contributed by atoms with Crippen molar-refractivity contribution in [3.63, 3.8) is 0 Å². The quantitative estimate of drug-likeness (QED) is 0.814. The second-order valence-corrected chi connectivity index (χ2v) is 6.99. The third-order valence-corrected chi connectivity index (χ3v) is 5.26. The molecule has 1 atom stereocenters. The molecule has 0 radical (unpaired) electrons. The predicted octanol–water partition coefficient (Wildman–Crippen LogP) is 1.86. The van der Waals surface area contributed by atoms with Gasteiger partial charge in [0.1, 0.15) is 0 Å². The van der Waals surface area contributed by atoms with Crippen LogP contribution in [-0.4, -0.2) is 62.0 Å². The molecule has 3 rings (SSSR count). The summed E-state index contributed by atoms with van der Waals surface area (Å²) in [5.41, 5.74) is 2.82. The van der Waals surface area contributed by atoms with Crippen LogP contribution in [-0.2, 0) is 11.2 Å². The number of benzene rings is 1. The summed E-state index contributed by atoms with van der Waals surface area (Å²) < 4.78 is 0. The van der Waals surface area contributed by atoms with Crippen molar-refractivity contribution in [1.82, 2.24) is 15.1 Å². The molecule has 2 aliphatic rings. The molecule has 1 saturated heterocycles. The van der Waals surface area contributed by atoms with Crippen molar-refractivity contribution in [2.45, 2.75) is 31.6 Å². The molecule has 0 aromatic heterocycles. The van der Waals surface area contributed by atoms with Crippen molar-refractivity contribution in [3.05, 3.63) is 35.4 Å². The van der Waals surface area contributed by atoms with Gasteiger partial charge in [-0.15, -0.1) is 0 Å². The van der Waals surface area contributed by atoms with E-state index in [0.29, 0.717) is 12.3 Å². The Hall–Kier alpha value is -1.39. The molecule has 4 nitrogen and oxygen atoms in total. The van der Waals surface area contributed by atoms with Crippen molar-refractivity contribution < 1.29 is 4.79 Å². The molecule has 1 aliphatic heterocycles. The minimum Gasteiger partial charge on any atom is -0.356 e. The predicted molar refractivity (Wildman–Crippen MR) is 93.7 cm³/mol. The highest BCUT2D eigenvalue weighted by atomic mass is 16.1. The number of nitrogens with zero attached hydrogens (tertiary/aromatic N) is 2. The maximum absolute atomic E-state index is 12.2. The fourth-order valence-corrected chi connectivity index (χ4v) is 3.76. The molecule has 126 valence electrons. The SMILES string of the molecule is CN1CCN(CCCNC(=O)C[C@@H]2CCc3ccccc32)CC1. The molecule has 0 spiro atoms. The molecule has 0 unspecified atom stereocenters. The highest BCUT2D eigenvalue weighted by Crippen LogP contribution is 2.34. The Labute approximate surface area is 139 Å². The number of likely N-dealkylation sites (N-methyl/N-ethyl adjacent to an activating group) is 1. The van der Waals surface area contributed by atoms with Gasteiger partial charge >= 0.3 is 0 Å². The van der Waals surface area contributed by atoms with E-state index in [9.17, 15) is 4.79 Å². The van der Waals surface area contributed by atoms with Crippen molar-refractivity contribution in [1.29, 1.82) is 0 Å². The van der Waals surface area contributed by atoms with Crippen LogP contribution in [0, 0.1) is 0 Å². The van der Waals surface area contributed by atoms with Crippen LogP contribution in [0.4, 0.5) is 0 Å². The first-order valence-electron chi connectivity index (χ1n) is 8.98. The highest BCUT2D eigenvalue weighted by molar-refractivity contribution is 5.77. The van der Waals surface area contributed by atoms with Crippen LogP contribution in [0.2, 0.25) is 0 Å². The van der Waals surface area contributed by atoms with E-state index in [1.54, 1.807) is 0 Å². The van der Waals surface area contributed by atoms with Gasteiger partial charge < -0.3 is 15.1 Å². The fraction of sp³-hybridized carbons (Fsp3) is 0.632. The molecular weight excluding hydrogens is 286 g/mol. The number of rotatable bonds is 6. The van der Waals surface area contributed by atoms with E-state index >= 15 is 0 Å². The normalized spacial score (nSPS) is 22.0. The van der Waals surface area contributed by atoms with Crippen molar-refractivity contribution in [3.8, 4) is 0 Å². The van der Waals surface area contributed by atoms with Gasteiger partial charge in [0.05, 0.1) is 0 Å². The van der Waals surface area contributed by atoms with E-state index in [2.05, 4.69) is 46.4 Å². The second kappa shape index (κ2) is 7.93. The zero-order valence-electron chi connectivity index (χ0n) is 14.3. The molecule has 1 amide bonds. The van der Waals surface area contributed by atoms with E-state index < -0.39 is 0 Å². The average Bonchev–Trinajstić information content (AvgIpc) is 2.96. The van der Waals surface area contributed by atoms with Crippen LogP contribution < -0.4 is 5.32 Å². The fourth-order valence-electron chi connectivity index (χ4n) is 3.76. The summed E-state index contributed by atoms with van der Waals surface area (Å²) in [5.74, 6) is 0.633. The lowest BCUT2D eigenvalue weighted by atomic mass is 9.97. The molecule has 1 aliphatic carbocycles. The molecule has 0 saturated carbocycles. The van der Waals surface area contributed by atoms with Gasteiger partial charge in [-0.25, -0.2) is 0 Å². The molecule has 1 aromatic rings. The molecular formula is C19H29N3O. The van der Waals surface area contributed by atoms with Crippen LogP contribution >= 0.6 is 0 Å². The zero-order chi connectivity index (χ0) is 16.1. The van der Waals surface area contributed by atoms with E-state index in [0.717, 1.165) is 58.5 Å². The number of nitrogens with one attached hydrogen (secondary N) is 1. The summed E-state index contributed by atoms with van der Waals surface area (Å²) >= 11 is 0. The van der Waals surface area contributed by atoms with Gasteiger partial charge in [-0.3, -0.25) is 4.79 Å². The van der Waals surface area contributed by atoms with Crippen molar-refractivity contribution in [2.75, 3.05) is 46.3 Å². The van der Waals surface area contributed by atoms with Gasteiger partial charge in [-0.2, -0.15) is 0 Å². The lowest BCUT2D eigenvalue weighted by molar-refractivity contribution is -0.121. The third kappa shape index (κ3) is 4.55. The van der Waals surface area contributed by atoms with Gasteiger partial charge in [0.25, 0.3) is 0 Å². The first-order valence-corrected chi connectivity index (χ1v) is 8.98. The Morgan fingerprint density at radius 3 is 2.83 bits per heavy atom. The molecule has 0 bridgehead atoms. The van der Waals surface area contributed by atoms with Crippen molar-refractivity contribution in [2.24, 2.45) is 0 Å². The highest BCUT2D eigenvalue weighted by Gasteiger charge is 2.24. The molecule has 4 heteroatoms. The Morgan fingerprint density at radius 2 is 2.00 bits per heavy atom. The Kier molecular flexibility index (Phi) is 5.68. The number of carbonyl (C=O) groups excluding carboxylic acids is 1. The average molecular weight is 315 g/mol. The number of hydrogen-bond donors (Lipinski definition) is 1. The van der Waals surface area contributed by atoms with E-state index in [1.165, 1.54) is 11.1 Å². The number of hydrogen-bond acceptors (Lipinski definition) is 3. The molecule has 1 N–H and O–H groups in total. The number of carbonyl (C=O) groups is 1. The number of piperazine rings is 1. The van der Waals surface area contributed by atoms with Crippen LogP contribution in [0.5, 0.6) is 0 Å². The standard InChI is InChI=1S/C19H29N3O/c1-21-11-13-22(14-12-21)10-4-9-20-19(23)15-17-8-7-16-5-2-3-6-18(16)17/h2-3,5-6,17H,4,7-15H2,1H3,(H,20,23)/t17-/m0/s1. The van der Waals surface area contributed by atoms with E-state index in [4.69, 9.17) is 0 Å². The lowest BCUT2D eigenvalue weighted by Crippen LogP contribution is -2.45. The minimum atomic E-state index is 0.213. The van der Waals surface area contributed by atoms with Gasteiger partial charge in [0.2, 0.25) is 5.91 Å². The summed E-state index contributed by atoms with van der Waals surface area (Å²) in [4.78, 5) is 17.0. The van der Waals surface area contributed by atoms with Crippen LogP contribution in [0.25, 0.3) is 0 Å². The minimum absolute atomic E-state index is 0.213. The Bertz CT molecular complexity index is 523. The summed E-state index contributed by atoms with van der Waals surface area (Å²) in [5, 5.41) is 3.11. The first kappa shape index (κ1) is 16.5. The third-order valence-electron chi connectivity index (χ3n) is 5.26. The van der Waals surface area contributed by atoms with Gasteiger partial charge in [0, 0.05) is 39.1 Å². The van der Waals surface area contributed by atoms with Gasteiger partial charge in [-0.1, -0.05) is 24.3 Å². The largest absolute Gasteiger partial charge is 0.356 e. The number of fused-ring (bicyclic) bond motifs is 1. The summed E-state index contributed by atoms with van der Waals surface area (Å²) in [6.07, 6.45) is 3.94. The zero-order valence-corrected chi connectivity index (χ0v) is 14.3. The molecule has 1 fully saturated rings. The van der Waals surface area contributed by atoms with Crippen LogP contribution in [0.1, 0.15) is 36.3 Å². The first-order chi connectivity index (χ1) is 11.2. The second-order valence-electron chi connectivity index (χ2n) is 6.99. The van der Waals surface area contributed by atoms with Crippen LogP contribution in [0.15, 0.2) is 24.3 Å². The van der Waals surface area contributed by atoms with Gasteiger partial charge in [0.15, 0.2) is 0 Å². The summed E-state index contributed by atoms with van der Waals surface area (Å²) in [6.45, 7) is 6.54. The molecule has 1 aromatic carbocycles. The molecule has 23 heavy (non-hydrogen) atoms. The monoisotopic (exact) mass is 315 g/mol. The van der Waals surface area contributed by atoms with Crippen molar-refractivity contribution >= 4 is 5.91 Å². The van der Waals surface area contributed by atoms with E-state index in [1.807, 2.05) is 0 Å². The maximum atomic E-state index is 12.2. The topological polar surface area (TPSA) is 35.6 Å². The number of amides is 1. The molecule has 1 heterocycles.